The molecule has 4 rings (SSSR count). The second-order valence-electron chi connectivity index (χ2n) is 8.49. The van der Waals surface area contributed by atoms with Gasteiger partial charge in [-0.15, -0.1) is 11.8 Å². The number of fused-ring (bicyclic) bond motifs is 2. The Hall–Kier alpha value is -2.33. The summed E-state index contributed by atoms with van der Waals surface area (Å²) in [5.74, 6) is 0. The average molecular weight is 392 g/mol. The summed E-state index contributed by atoms with van der Waals surface area (Å²) in [7, 11) is 0. The van der Waals surface area contributed by atoms with Crippen LogP contribution < -0.4 is 5.63 Å². The summed E-state index contributed by atoms with van der Waals surface area (Å²) in [5, 5.41) is 0.918. The summed E-state index contributed by atoms with van der Waals surface area (Å²) >= 11 is 1.58. The van der Waals surface area contributed by atoms with Gasteiger partial charge in [0.15, 0.2) is 5.58 Å². The van der Waals surface area contributed by atoms with E-state index in [2.05, 4.69) is 65.0 Å². The highest BCUT2D eigenvalue weighted by molar-refractivity contribution is 7.98. The molecule has 1 aromatic heterocycles. The Kier molecular flexibility index (Phi) is 4.31. The molecule has 28 heavy (non-hydrogen) atoms. The number of hydrogen-bond acceptors (Lipinski definition) is 4. The van der Waals surface area contributed by atoms with Gasteiger partial charge >= 0.3 is 5.63 Å². The lowest BCUT2D eigenvalue weighted by atomic mass is 9.64. The van der Waals surface area contributed by atoms with Crippen LogP contribution in [0.25, 0.3) is 11.0 Å². The highest BCUT2D eigenvalue weighted by Crippen LogP contribution is 2.45. The first-order chi connectivity index (χ1) is 13.2. The summed E-state index contributed by atoms with van der Waals surface area (Å²) in [4.78, 5) is 17.9. The first-order valence-corrected chi connectivity index (χ1v) is 10.7. The third-order valence-corrected chi connectivity index (χ3v) is 7.00. The normalized spacial score (nSPS) is 17.3. The fourth-order valence-corrected chi connectivity index (χ4v) is 4.73. The van der Waals surface area contributed by atoms with Gasteiger partial charge < -0.3 is 4.42 Å². The van der Waals surface area contributed by atoms with Gasteiger partial charge in [0.1, 0.15) is 0 Å². The fraction of sp³-hybridized carbons (Fsp3) is 0.333. The third kappa shape index (κ3) is 2.74. The van der Waals surface area contributed by atoms with E-state index >= 15 is 0 Å². The van der Waals surface area contributed by atoms with Crippen molar-refractivity contribution in [2.45, 2.75) is 50.5 Å². The van der Waals surface area contributed by atoms with Crippen LogP contribution in [0.3, 0.4) is 0 Å². The second-order valence-corrected chi connectivity index (χ2v) is 9.34. The lowest BCUT2D eigenvalue weighted by Gasteiger charge is -2.45. The Morgan fingerprint density at radius 1 is 1.04 bits per heavy atom. The topological polar surface area (TPSA) is 42.6 Å². The average Bonchev–Trinajstić information content (AvgIpc) is 2.64. The molecule has 0 unspecified atom stereocenters. The van der Waals surface area contributed by atoms with Crippen LogP contribution in [-0.2, 0) is 5.41 Å². The van der Waals surface area contributed by atoms with Crippen LogP contribution in [0.5, 0.6) is 0 Å². The van der Waals surface area contributed by atoms with Gasteiger partial charge in [-0.2, -0.15) is 0 Å². The van der Waals surface area contributed by atoms with Crippen LogP contribution in [0.4, 0.5) is 0 Å². The first-order valence-electron chi connectivity index (χ1n) is 9.48. The van der Waals surface area contributed by atoms with E-state index in [1.165, 1.54) is 22.8 Å². The van der Waals surface area contributed by atoms with Gasteiger partial charge in [0.2, 0.25) is 0 Å². The molecule has 0 radical (unpaired) electrons. The monoisotopic (exact) mass is 391 g/mol. The fourth-order valence-electron chi connectivity index (χ4n) is 4.14. The van der Waals surface area contributed by atoms with E-state index < -0.39 is 0 Å². The van der Waals surface area contributed by atoms with Crippen molar-refractivity contribution in [2.24, 2.45) is 4.99 Å². The first kappa shape index (κ1) is 19.0. The van der Waals surface area contributed by atoms with Gasteiger partial charge in [-0.05, 0) is 56.4 Å². The van der Waals surface area contributed by atoms with E-state index in [1.54, 1.807) is 11.8 Å². The molecule has 4 heteroatoms. The maximum Gasteiger partial charge on any atom is 0.336 e. The molecule has 0 saturated heterocycles. The Labute approximate surface area is 169 Å². The van der Waals surface area contributed by atoms with Crippen molar-refractivity contribution in [2.75, 3.05) is 6.26 Å². The van der Waals surface area contributed by atoms with Crippen molar-refractivity contribution >= 4 is 28.4 Å². The van der Waals surface area contributed by atoms with Crippen molar-refractivity contribution in [3.8, 4) is 0 Å². The predicted octanol–water partition coefficient (Wildman–Crippen LogP) is 5.73. The summed E-state index contributed by atoms with van der Waals surface area (Å²) in [6, 6.07) is 13.9. The molecule has 0 fully saturated rings. The maximum absolute atomic E-state index is 11.7. The van der Waals surface area contributed by atoms with Crippen molar-refractivity contribution in [1.29, 1.82) is 0 Å². The van der Waals surface area contributed by atoms with E-state index in [1.807, 2.05) is 12.3 Å². The van der Waals surface area contributed by atoms with E-state index in [9.17, 15) is 4.79 Å². The predicted molar refractivity (Wildman–Crippen MR) is 118 cm³/mol. The summed E-state index contributed by atoms with van der Waals surface area (Å²) in [6.07, 6.45) is 2.00. The Morgan fingerprint density at radius 3 is 2.50 bits per heavy atom. The molecule has 1 aliphatic rings. The quantitative estimate of drug-likeness (QED) is 0.414. The van der Waals surface area contributed by atoms with Gasteiger partial charge in [0.05, 0.1) is 16.1 Å². The van der Waals surface area contributed by atoms with E-state index in [0.29, 0.717) is 5.58 Å². The van der Waals surface area contributed by atoms with Crippen LogP contribution in [0.15, 0.2) is 61.6 Å². The number of rotatable bonds is 2. The van der Waals surface area contributed by atoms with E-state index in [4.69, 9.17) is 9.41 Å². The Morgan fingerprint density at radius 2 is 1.79 bits per heavy atom. The zero-order chi connectivity index (χ0) is 20.3. The second kappa shape index (κ2) is 6.35. The van der Waals surface area contributed by atoms with Gasteiger partial charge in [0.25, 0.3) is 0 Å². The van der Waals surface area contributed by atoms with Crippen molar-refractivity contribution in [3.05, 3.63) is 75.1 Å². The molecule has 2 aromatic carbocycles. The molecule has 0 amide bonds. The van der Waals surface area contributed by atoms with Crippen molar-refractivity contribution < 1.29 is 4.42 Å². The molecule has 2 heterocycles. The zero-order valence-corrected chi connectivity index (χ0v) is 18.0. The maximum atomic E-state index is 11.7. The highest BCUT2D eigenvalue weighted by Gasteiger charge is 2.44. The van der Waals surface area contributed by atoms with Gasteiger partial charge in [-0.1, -0.05) is 32.0 Å². The smallest absolute Gasteiger partial charge is 0.336 e. The third-order valence-electron chi connectivity index (χ3n) is 6.25. The minimum Gasteiger partial charge on any atom is -0.422 e. The summed E-state index contributed by atoms with van der Waals surface area (Å²) in [5.41, 5.74) is 5.89. The molecule has 0 aliphatic carbocycles. The van der Waals surface area contributed by atoms with Crippen LogP contribution in [0.2, 0.25) is 0 Å². The van der Waals surface area contributed by atoms with Gasteiger partial charge in [0, 0.05) is 28.0 Å². The van der Waals surface area contributed by atoms with Gasteiger partial charge in [-0.25, -0.2) is 4.79 Å². The molecule has 3 aromatic rings. The van der Waals surface area contributed by atoms with Crippen molar-refractivity contribution in [3.63, 3.8) is 0 Å². The molecule has 144 valence electrons. The molecule has 1 aliphatic heterocycles. The number of benzene rings is 2. The lowest BCUT2D eigenvalue weighted by Crippen LogP contribution is -2.46. The number of aryl methyl sites for hydroxylation is 1. The summed E-state index contributed by atoms with van der Waals surface area (Å²) in [6.45, 7) is 11.2. The molecule has 3 nitrogen and oxygen atoms in total. The summed E-state index contributed by atoms with van der Waals surface area (Å²) < 4.78 is 5.47. The van der Waals surface area contributed by atoms with Crippen LogP contribution in [-0.4, -0.2) is 17.5 Å². The Bertz CT molecular complexity index is 1180. The molecular formula is C24H25NO2S. The molecule has 0 spiro atoms. The van der Waals surface area contributed by atoms with E-state index in [0.717, 1.165) is 21.6 Å². The Balaban J connectivity index is 2.05. The van der Waals surface area contributed by atoms with Gasteiger partial charge in [-0.3, -0.25) is 4.99 Å². The van der Waals surface area contributed by atoms with Crippen LogP contribution in [0, 0.1) is 6.92 Å². The van der Waals surface area contributed by atoms with Crippen LogP contribution in [0.1, 0.15) is 49.9 Å². The highest BCUT2D eigenvalue weighted by atomic mass is 32.2. The minimum absolute atomic E-state index is 0.0802. The number of hydrogen-bond donors (Lipinski definition) is 0. The standard InChI is InChI=1S/C24H25NO2S/c1-14-8-7-9-17-20(14)23(2,3)24(4,5)25-21(17)16-12-15-10-11-19(26)27-22(15)18(13-16)28-6/h7-13H,1-6H3. The molecule has 0 N–H and O–H groups in total. The molecule has 0 saturated carbocycles. The number of thioether (sulfide) groups is 1. The molecular weight excluding hydrogens is 366 g/mol. The minimum atomic E-state index is -0.325. The van der Waals surface area contributed by atoms with Crippen LogP contribution >= 0.6 is 11.8 Å². The van der Waals surface area contributed by atoms with E-state index in [-0.39, 0.29) is 16.6 Å². The zero-order valence-electron chi connectivity index (χ0n) is 17.2. The largest absolute Gasteiger partial charge is 0.422 e. The SMILES string of the molecule is CSc1cc(C2=NC(C)(C)C(C)(C)c3c(C)cccc32)cc2ccc(=O)oc12. The number of nitrogens with zero attached hydrogens (tertiary/aromatic N) is 1. The molecule has 0 bridgehead atoms. The van der Waals surface area contributed by atoms with Crippen molar-refractivity contribution in [1.82, 2.24) is 0 Å². The lowest BCUT2D eigenvalue weighted by molar-refractivity contribution is 0.302. The molecule has 0 atom stereocenters. The number of aliphatic imine (C=N–C) groups is 1.